The molecule has 0 saturated carbocycles. The predicted molar refractivity (Wildman–Crippen MR) is 153 cm³/mol. The molecular formula is C31H33F6N3OS. The molecule has 2 heterocycles. The van der Waals surface area contributed by atoms with Crippen LogP contribution in [-0.2, 0) is 10.2 Å². The number of allylic oxidation sites excluding steroid dienone is 4. The normalized spacial score (nSPS) is 18.3. The van der Waals surface area contributed by atoms with Crippen molar-refractivity contribution >= 4 is 23.3 Å². The smallest absolute Gasteiger partial charge is 0.351 e. The predicted octanol–water partition coefficient (Wildman–Crippen LogP) is 7.74. The first kappa shape index (κ1) is 31.7. The third kappa shape index (κ3) is 7.60. The molecule has 1 unspecified atom stereocenters. The van der Waals surface area contributed by atoms with E-state index in [0.717, 1.165) is 25.9 Å². The van der Waals surface area contributed by atoms with Gasteiger partial charge in [0.05, 0.1) is 17.1 Å². The van der Waals surface area contributed by atoms with Gasteiger partial charge in [0.25, 0.3) is 0 Å². The topological polar surface area (TPSA) is 45.2 Å². The lowest BCUT2D eigenvalue weighted by molar-refractivity contribution is -0.122. The van der Waals surface area contributed by atoms with Gasteiger partial charge in [0, 0.05) is 28.5 Å². The highest BCUT2D eigenvalue weighted by atomic mass is 32.1. The van der Waals surface area contributed by atoms with Crippen molar-refractivity contribution in [1.29, 1.82) is 0 Å². The summed E-state index contributed by atoms with van der Waals surface area (Å²) in [5, 5.41) is 4.29. The zero-order valence-corrected chi connectivity index (χ0v) is 24.0. The number of aromatic nitrogens is 1. The fourth-order valence-electron chi connectivity index (χ4n) is 5.54. The van der Waals surface area contributed by atoms with Crippen molar-refractivity contribution in [1.82, 2.24) is 15.2 Å². The Morgan fingerprint density at radius 2 is 1.86 bits per heavy atom. The fourth-order valence-corrected chi connectivity index (χ4v) is 6.14. The van der Waals surface area contributed by atoms with Crippen molar-refractivity contribution in [2.75, 3.05) is 26.2 Å². The number of nitrogens with one attached hydrogen (secondary N) is 1. The monoisotopic (exact) mass is 609 g/mol. The second-order valence-corrected chi connectivity index (χ2v) is 11.4. The molecule has 1 saturated heterocycles. The van der Waals surface area contributed by atoms with Crippen LogP contribution in [0.4, 0.5) is 26.3 Å². The van der Waals surface area contributed by atoms with E-state index in [9.17, 15) is 31.1 Å². The van der Waals surface area contributed by atoms with Gasteiger partial charge < -0.3 is 10.2 Å². The summed E-state index contributed by atoms with van der Waals surface area (Å²) in [5.41, 5.74) is 2.05. The van der Waals surface area contributed by atoms with Crippen LogP contribution in [0.1, 0.15) is 55.3 Å². The molecule has 1 amide bonds. The number of carbonyl (C=O) groups excluding carboxylic acids is 1. The zero-order chi connectivity index (χ0) is 30.5. The van der Waals surface area contributed by atoms with Crippen molar-refractivity contribution in [2.45, 2.75) is 56.3 Å². The molecule has 1 aromatic carbocycles. The molecule has 2 aromatic rings. The Hall–Kier alpha value is -3.18. The maximum absolute atomic E-state index is 13.4. The highest BCUT2D eigenvalue weighted by Crippen LogP contribution is 2.43. The first-order valence-electron chi connectivity index (χ1n) is 13.7. The van der Waals surface area contributed by atoms with E-state index in [4.69, 9.17) is 0 Å². The van der Waals surface area contributed by atoms with E-state index in [1.807, 2.05) is 6.07 Å². The summed E-state index contributed by atoms with van der Waals surface area (Å²) in [4.78, 5) is 19.9. The third-order valence-corrected chi connectivity index (χ3v) is 8.59. The van der Waals surface area contributed by atoms with Crippen molar-refractivity contribution in [2.24, 2.45) is 0 Å². The second-order valence-electron chi connectivity index (χ2n) is 10.7. The molecule has 1 fully saturated rings. The van der Waals surface area contributed by atoms with E-state index in [1.54, 1.807) is 10.9 Å². The quantitative estimate of drug-likeness (QED) is 0.222. The first-order valence-corrected chi connectivity index (χ1v) is 14.7. The van der Waals surface area contributed by atoms with Crippen molar-refractivity contribution in [3.8, 4) is 0 Å². The van der Waals surface area contributed by atoms with E-state index < -0.39 is 48.3 Å². The number of hydrogen-bond donors (Lipinski definition) is 1. The number of rotatable bonds is 10. The molecule has 0 radical (unpaired) electrons. The molecule has 2 aliphatic rings. The van der Waals surface area contributed by atoms with Crippen LogP contribution in [-0.4, -0.2) is 54.3 Å². The van der Waals surface area contributed by atoms with Crippen molar-refractivity contribution in [3.63, 3.8) is 0 Å². The minimum Gasteiger partial charge on any atom is -0.351 e. The summed E-state index contributed by atoms with van der Waals surface area (Å²) in [6.07, 6.45) is -2.04. The number of nitrogens with zero attached hydrogens (tertiary/aromatic N) is 2. The van der Waals surface area contributed by atoms with Crippen LogP contribution in [0, 0.1) is 0 Å². The van der Waals surface area contributed by atoms with Gasteiger partial charge in [0.2, 0.25) is 5.91 Å². The number of likely N-dealkylation sites (tertiary alicyclic amines) is 1. The molecule has 11 heteroatoms. The van der Waals surface area contributed by atoms with Crippen molar-refractivity contribution in [3.05, 3.63) is 93.5 Å². The molecule has 1 spiro atoms. The highest BCUT2D eigenvalue weighted by Gasteiger charge is 2.38. The number of carbonyl (C=O) groups is 1. The minimum absolute atomic E-state index is 0.0171. The molecule has 1 atom stereocenters. The lowest BCUT2D eigenvalue weighted by atomic mass is 9.74. The summed E-state index contributed by atoms with van der Waals surface area (Å²) in [6.45, 7) is 5.94. The maximum atomic E-state index is 13.4. The SMILES string of the molecule is C=C(/C=C(\C=C(/CC)C(F)(F)F)CNC(=O)C(CCN1CCC2(C=Cc3ccccc32)CC1)c1cscn1)C(F)(F)F. The van der Waals surface area contributed by atoms with Crippen molar-refractivity contribution < 1.29 is 31.1 Å². The molecule has 4 nitrogen and oxygen atoms in total. The van der Waals surface area contributed by atoms with Crippen LogP contribution in [0.25, 0.3) is 6.08 Å². The molecule has 1 N–H and O–H groups in total. The lowest BCUT2D eigenvalue weighted by Crippen LogP contribution is -2.42. The lowest BCUT2D eigenvalue weighted by Gasteiger charge is -2.39. The largest absolute Gasteiger partial charge is 0.415 e. The van der Waals surface area contributed by atoms with E-state index in [2.05, 4.69) is 52.1 Å². The number of hydrogen-bond acceptors (Lipinski definition) is 4. The molecular weight excluding hydrogens is 576 g/mol. The Bertz CT molecular complexity index is 1350. The van der Waals surface area contributed by atoms with Gasteiger partial charge in [-0.3, -0.25) is 4.79 Å². The van der Waals surface area contributed by atoms with E-state index in [0.29, 0.717) is 30.8 Å². The molecule has 226 valence electrons. The average Bonchev–Trinajstić information content (AvgIpc) is 3.59. The van der Waals surface area contributed by atoms with Crippen LogP contribution in [0.5, 0.6) is 0 Å². The third-order valence-electron chi connectivity index (χ3n) is 7.98. The number of fused-ring (bicyclic) bond motifs is 2. The molecule has 1 aliphatic heterocycles. The Balaban J connectivity index is 1.43. The maximum Gasteiger partial charge on any atom is 0.415 e. The fraction of sp³-hybridized carbons (Fsp3) is 0.419. The average molecular weight is 610 g/mol. The molecule has 42 heavy (non-hydrogen) atoms. The number of amides is 1. The van der Waals surface area contributed by atoms with Gasteiger partial charge in [-0.2, -0.15) is 26.3 Å². The van der Waals surface area contributed by atoms with Crippen LogP contribution >= 0.6 is 11.3 Å². The number of halogens is 6. The standard InChI is InChI=1S/C31H33F6N3OS/c1-3-24(31(35,36)37)17-22(16-21(2)30(32,33)34)18-38-28(41)25(27-19-42-20-39-27)9-13-40-14-11-29(12-15-40)10-8-23-6-4-5-7-26(23)29/h4-8,10,16-17,19-20,25H,2-3,9,11-15,18H2,1H3,(H,38,41)/b22-16+,24-17+. The van der Waals surface area contributed by atoms with Gasteiger partial charge in [-0.05, 0) is 74.2 Å². The number of benzene rings is 1. The Labute approximate surface area is 245 Å². The van der Waals surface area contributed by atoms with Gasteiger partial charge in [0.15, 0.2) is 0 Å². The summed E-state index contributed by atoms with van der Waals surface area (Å²) >= 11 is 1.31. The summed E-state index contributed by atoms with van der Waals surface area (Å²) in [5.74, 6) is -1.22. The number of thiazole rings is 1. The van der Waals surface area contributed by atoms with Gasteiger partial charge in [-0.15, -0.1) is 11.3 Å². The van der Waals surface area contributed by atoms with E-state index in [1.165, 1.54) is 29.4 Å². The van der Waals surface area contributed by atoms with Crippen LogP contribution in [0.2, 0.25) is 0 Å². The van der Waals surface area contributed by atoms with Crippen LogP contribution < -0.4 is 5.32 Å². The zero-order valence-electron chi connectivity index (χ0n) is 23.2. The minimum atomic E-state index is -4.82. The second kappa shape index (κ2) is 13.0. The highest BCUT2D eigenvalue weighted by molar-refractivity contribution is 7.07. The Kier molecular flexibility index (Phi) is 9.82. The van der Waals surface area contributed by atoms with Gasteiger partial charge in [-0.25, -0.2) is 4.98 Å². The molecule has 0 bridgehead atoms. The Morgan fingerprint density at radius 3 is 2.48 bits per heavy atom. The Morgan fingerprint density at radius 1 is 1.14 bits per heavy atom. The molecule has 1 aromatic heterocycles. The summed E-state index contributed by atoms with van der Waals surface area (Å²) in [6, 6.07) is 8.37. The summed E-state index contributed by atoms with van der Waals surface area (Å²) < 4.78 is 79.5. The molecule has 4 rings (SSSR count). The first-order chi connectivity index (χ1) is 19.8. The van der Waals surface area contributed by atoms with Gasteiger partial charge in [0.1, 0.15) is 0 Å². The number of alkyl halides is 6. The van der Waals surface area contributed by atoms with E-state index in [-0.39, 0.29) is 11.0 Å². The number of piperidine rings is 1. The van der Waals surface area contributed by atoms with Crippen LogP contribution in [0.3, 0.4) is 0 Å². The van der Waals surface area contributed by atoms with E-state index >= 15 is 0 Å². The van der Waals surface area contributed by atoms with Gasteiger partial charge in [-0.1, -0.05) is 49.9 Å². The van der Waals surface area contributed by atoms with Gasteiger partial charge >= 0.3 is 12.4 Å². The van der Waals surface area contributed by atoms with Crippen LogP contribution in [0.15, 0.2) is 76.7 Å². The molecule has 1 aliphatic carbocycles. The summed E-state index contributed by atoms with van der Waals surface area (Å²) in [7, 11) is 0.